The second-order valence-electron chi connectivity index (χ2n) is 5.21. The van der Waals surface area contributed by atoms with E-state index < -0.39 is 0 Å². The van der Waals surface area contributed by atoms with Crippen LogP contribution in [-0.4, -0.2) is 25.2 Å². The van der Waals surface area contributed by atoms with Gasteiger partial charge in [-0.2, -0.15) is 0 Å². The zero-order valence-corrected chi connectivity index (χ0v) is 12.1. The Labute approximate surface area is 115 Å². The number of nitrogens with one attached hydrogen (secondary N) is 1. The zero-order chi connectivity index (χ0) is 13.7. The van der Waals surface area contributed by atoms with Crippen molar-refractivity contribution in [2.45, 2.75) is 45.2 Å². The molecule has 1 heterocycles. The molecule has 1 aromatic heterocycles. The molecule has 4 nitrogen and oxygen atoms in total. The first kappa shape index (κ1) is 14.1. The van der Waals surface area contributed by atoms with Crippen molar-refractivity contribution >= 4 is 0 Å². The van der Waals surface area contributed by atoms with E-state index in [2.05, 4.69) is 17.2 Å². The molecule has 0 unspecified atom stereocenters. The summed E-state index contributed by atoms with van der Waals surface area (Å²) in [6.45, 7) is 2.99. The molecule has 0 amide bonds. The minimum absolute atomic E-state index is 0.528. The van der Waals surface area contributed by atoms with Crippen LogP contribution in [0.2, 0.25) is 0 Å². The molecule has 106 valence electrons. The Kier molecular flexibility index (Phi) is 5.02. The summed E-state index contributed by atoms with van der Waals surface area (Å²) in [5, 5.41) is 3.57. The summed E-state index contributed by atoms with van der Waals surface area (Å²) in [5.41, 5.74) is 0.909. The van der Waals surface area contributed by atoms with Crippen LogP contribution in [0.25, 0.3) is 0 Å². The summed E-state index contributed by atoms with van der Waals surface area (Å²) < 4.78 is 10.7. The average molecular weight is 264 g/mol. The van der Waals surface area contributed by atoms with Gasteiger partial charge in [0.15, 0.2) is 11.5 Å². The second-order valence-corrected chi connectivity index (χ2v) is 5.21. The molecule has 1 saturated carbocycles. The highest BCUT2D eigenvalue weighted by molar-refractivity contribution is 5.42. The smallest absolute Gasteiger partial charge is 0.183 e. The Hall–Kier alpha value is -1.29. The molecule has 0 spiro atoms. The molecule has 0 radical (unpaired) electrons. The van der Waals surface area contributed by atoms with Gasteiger partial charge in [0.2, 0.25) is 0 Å². The molecule has 0 aromatic carbocycles. The number of hydrogen-bond acceptors (Lipinski definition) is 4. The summed E-state index contributed by atoms with van der Waals surface area (Å²) in [4.78, 5) is 4.39. The summed E-state index contributed by atoms with van der Waals surface area (Å²) in [6.07, 6.45) is 7.20. The lowest BCUT2D eigenvalue weighted by Crippen LogP contribution is -2.32. The molecule has 4 heteroatoms. The Morgan fingerprint density at radius 2 is 2.05 bits per heavy atom. The van der Waals surface area contributed by atoms with Crippen LogP contribution in [0.4, 0.5) is 0 Å². The molecule has 1 aromatic rings. The first-order valence-corrected chi connectivity index (χ1v) is 7.05. The van der Waals surface area contributed by atoms with E-state index in [4.69, 9.17) is 9.47 Å². The van der Waals surface area contributed by atoms with Crippen LogP contribution in [0.15, 0.2) is 12.3 Å². The Morgan fingerprint density at radius 1 is 1.32 bits per heavy atom. The van der Waals surface area contributed by atoms with Crippen molar-refractivity contribution in [2.24, 2.45) is 5.92 Å². The Balaban J connectivity index is 1.98. The standard InChI is InChI=1S/C15H24N2O2/c1-11(12-6-4-5-7-12)17-10-13-15(19-3)14(18-2)8-9-16-13/h8-9,11-12,17H,4-7,10H2,1-3H3/t11-/m1/s1. The molecular formula is C15H24N2O2. The lowest BCUT2D eigenvalue weighted by molar-refractivity contribution is 0.341. The van der Waals surface area contributed by atoms with E-state index in [1.807, 2.05) is 6.07 Å². The fraction of sp³-hybridized carbons (Fsp3) is 0.667. The maximum atomic E-state index is 5.40. The molecule has 0 aliphatic heterocycles. The van der Waals surface area contributed by atoms with Gasteiger partial charge >= 0.3 is 0 Å². The van der Waals surface area contributed by atoms with Gasteiger partial charge in [-0.25, -0.2) is 0 Å². The molecule has 1 N–H and O–H groups in total. The molecule has 1 fully saturated rings. The summed E-state index contributed by atoms with van der Waals surface area (Å²) >= 11 is 0. The van der Waals surface area contributed by atoms with Gasteiger partial charge in [-0.05, 0) is 25.7 Å². The first-order chi connectivity index (χ1) is 9.26. The second kappa shape index (κ2) is 6.75. The third-order valence-electron chi connectivity index (χ3n) is 4.06. The van der Waals surface area contributed by atoms with Gasteiger partial charge in [0.25, 0.3) is 0 Å². The zero-order valence-electron chi connectivity index (χ0n) is 12.1. The van der Waals surface area contributed by atoms with Crippen molar-refractivity contribution in [1.29, 1.82) is 0 Å². The molecule has 1 atom stereocenters. The van der Waals surface area contributed by atoms with E-state index >= 15 is 0 Å². The number of hydrogen-bond donors (Lipinski definition) is 1. The topological polar surface area (TPSA) is 43.4 Å². The number of methoxy groups -OCH3 is 2. The molecule has 0 bridgehead atoms. The van der Waals surface area contributed by atoms with Crippen molar-refractivity contribution in [1.82, 2.24) is 10.3 Å². The van der Waals surface area contributed by atoms with E-state index in [0.717, 1.165) is 29.7 Å². The molecular weight excluding hydrogens is 240 g/mol. The lowest BCUT2D eigenvalue weighted by Gasteiger charge is -2.21. The Bertz CT molecular complexity index is 403. The van der Waals surface area contributed by atoms with Gasteiger partial charge in [-0.15, -0.1) is 0 Å². The van der Waals surface area contributed by atoms with Crippen molar-refractivity contribution in [3.05, 3.63) is 18.0 Å². The van der Waals surface area contributed by atoms with E-state index in [-0.39, 0.29) is 0 Å². The average Bonchev–Trinajstić information content (AvgIpc) is 2.98. The first-order valence-electron chi connectivity index (χ1n) is 7.05. The number of aromatic nitrogens is 1. The van der Waals surface area contributed by atoms with Crippen LogP contribution in [-0.2, 0) is 6.54 Å². The maximum Gasteiger partial charge on any atom is 0.183 e. The minimum atomic E-state index is 0.528. The van der Waals surface area contributed by atoms with Crippen LogP contribution < -0.4 is 14.8 Å². The van der Waals surface area contributed by atoms with Crippen LogP contribution in [0.5, 0.6) is 11.5 Å². The highest BCUT2D eigenvalue weighted by Crippen LogP contribution is 2.30. The highest BCUT2D eigenvalue weighted by Gasteiger charge is 2.21. The Morgan fingerprint density at radius 3 is 2.68 bits per heavy atom. The fourth-order valence-corrected chi connectivity index (χ4v) is 2.86. The van der Waals surface area contributed by atoms with Gasteiger partial charge in [0, 0.05) is 24.8 Å². The SMILES string of the molecule is COc1ccnc(CN[C@H](C)C2CCCC2)c1OC. The largest absolute Gasteiger partial charge is 0.493 e. The van der Waals surface area contributed by atoms with Gasteiger partial charge in [0.05, 0.1) is 19.9 Å². The third kappa shape index (κ3) is 3.38. The van der Waals surface area contributed by atoms with Crippen molar-refractivity contribution in [3.63, 3.8) is 0 Å². The van der Waals surface area contributed by atoms with E-state index in [0.29, 0.717) is 6.04 Å². The van der Waals surface area contributed by atoms with Crippen LogP contribution in [0.3, 0.4) is 0 Å². The van der Waals surface area contributed by atoms with Gasteiger partial charge < -0.3 is 14.8 Å². The van der Waals surface area contributed by atoms with Crippen molar-refractivity contribution in [2.75, 3.05) is 14.2 Å². The number of nitrogens with zero attached hydrogens (tertiary/aromatic N) is 1. The van der Waals surface area contributed by atoms with Crippen LogP contribution in [0, 0.1) is 5.92 Å². The number of rotatable bonds is 6. The minimum Gasteiger partial charge on any atom is -0.493 e. The van der Waals surface area contributed by atoms with E-state index in [9.17, 15) is 0 Å². The molecule has 1 aliphatic carbocycles. The molecule has 19 heavy (non-hydrogen) atoms. The van der Waals surface area contributed by atoms with Gasteiger partial charge in [0.1, 0.15) is 0 Å². The van der Waals surface area contributed by atoms with E-state index in [1.54, 1.807) is 20.4 Å². The number of ether oxygens (including phenoxy) is 2. The monoisotopic (exact) mass is 264 g/mol. The summed E-state index contributed by atoms with van der Waals surface area (Å²) in [7, 11) is 3.31. The van der Waals surface area contributed by atoms with E-state index in [1.165, 1.54) is 25.7 Å². The summed E-state index contributed by atoms with van der Waals surface area (Å²) in [5.74, 6) is 2.27. The summed E-state index contributed by atoms with van der Waals surface area (Å²) in [6, 6.07) is 2.35. The normalized spacial score (nSPS) is 17.4. The third-order valence-corrected chi connectivity index (χ3v) is 4.06. The molecule has 0 saturated heterocycles. The van der Waals surface area contributed by atoms with Crippen molar-refractivity contribution in [3.8, 4) is 11.5 Å². The predicted molar refractivity (Wildman–Crippen MR) is 75.6 cm³/mol. The number of pyridine rings is 1. The quantitative estimate of drug-likeness (QED) is 0.858. The van der Waals surface area contributed by atoms with Crippen molar-refractivity contribution < 1.29 is 9.47 Å². The lowest BCUT2D eigenvalue weighted by atomic mass is 10.00. The predicted octanol–water partition coefficient (Wildman–Crippen LogP) is 2.77. The highest BCUT2D eigenvalue weighted by atomic mass is 16.5. The molecule has 1 aliphatic rings. The fourth-order valence-electron chi connectivity index (χ4n) is 2.86. The van der Waals surface area contributed by atoms with Crippen LogP contribution in [0.1, 0.15) is 38.3 Å². The van der Waals surface area contributed by atoms with Gasteiger partial charge in [-0.3, -0.25) is 4.98 Å². The van der Waals surface area contributed by atoms with Gasteiger partial charge in [-0.1, -0.05) is 12.8 Å². The van der Waals surface area contributed by atoms with Crippen LogP contribution >= 0.6 is 0 Å². The molecule has 2 rings (SSSR count). The maximum absolute atomic E-state index is 5.40.